The van der Waals surface area contributed by atoms with Crippen LogP contribution >= 0.6 is 15.9 Å². The minimum atomic E-state index is -1.79. The van der Waals surface area contributed by atoms with Crippen molar-refractivity contribution in [3.05, 3.63) is 56.6 Å². The number of aryl methyl sites for hydroxylation is 2. The van der Waals surface area contributed by atoms with Crippen molar-refractivity contribution in [2.24, 2.45) is 0 Å². The van der Waals surface area contributed by atoms with Gasteiger partial charge < -0.3 is 70.1 Å². The van der Waals surface area contributed by atoms with Crippen molar-refractivity contribution < 1.29 is 100.0 Å². The summed E-state index contributed by atoms with van der Waals surface area (Å²) in [6.07, 6.45) is 1.71. The lowest BCUT2D eigenvalue weighted by Crippen LogP contribution is -2.52. The number of benzene rings is 2. The monoisotopic (exact) mass is 1310 g/mol. The van der Waals surface area contributed by atoms with E-state index < -0.39 is 70.8 Å². The van der Waals surface area contributed by atoms with E-state index in [1.54, 1.807) is 19.6 Å². The molecule has 1 aliphatic heterocycles. The zero-order valence-electron chi connectivity index (χ0n) is 49.9. The average molecular weight is 1310 g/mol. The van der Waals surface area contributed by atoms with Crippen LogP contribution < -0.4 is 26.0 Å². The highest BCUT2D eigenvalue weighted by Gasteiger charge is 2.29. The number of ether oxygens (including phenoxy) is 6. The van der Waals surface area contributed by atoms with E-state index >= 15 is 0 Å². The van der Waals surface area contributed by atoms with E-state index in [0.717, 1.165) is 26.9 Å². The number of carbonyl (C=O) groups is 7. The number of unbranched alkanes of at least 4 members (excludes halogenated alkanes) is 2. The molecule has 0 bridgehead atoms. The van der Waals surface area contributed by atoms with Crippen LogP contribution in [0.2, 0.25) is 0 Å². The van der Waals surface area contributed by atoms with Gasteiger partial charge in [0.15, 0.2) is 11.6 Å². The van der Waals surface area contributed by atoms with Crippen molar-refractivity contribution in [2.45, 2.75) is 84.2 Å². The van der Waals surface area contributed by atoms with E-state index in [1.165, 1.54) is 0 Å². The van der Waals surface area contributed by atoms with Gasteiger partial charge in [0.2, 0.25) is 29.2 Å². The van der Waals surface area contributed by atoms with Crippen LogP contribution in [0.3, 0.4) is 0 Å². The predicted molar refractivity (Wildman–Crippen MR) is 313 cm³/mol. The van der Waals surface area contributed by atoms with Gasteiger partial charge in [-0.15, -0.1) is 0 Å². The van der Waals surface area contributed by atoms with Crippen LogP contribution in [0.4, 0.5) is 23.2 Å². The normalized spacial score (nSPS) is 14.9. The number of anilines is 1. The van der Waals surface area contributed by atoms with Crippen molar-refractivity contribution in [1.82, 2.24) is 35.6 Å². The third-order valence-corrected chi connectivity index (χ3v) is 15.0. The molecular weight excluding hydrogens is 1220 g/mol. The summed E-state index contributed by atoms with van der Waals surface area (Å²) in [6.45, 7) is 10.8. The number of hydrogen-bond donors (Lipinski definition) is 8. The summed E-state index contributed by atoms with van der Waals surface area (Å²) in [4.78, 5) is 91.7. The molecule has 0 spiro atoms. The summed E-state index contributed by atoms with van der Waals surface area (Å²) in [7, 11) is 0. The largest absolute Gasteiger partial charge is 0.480 e. The number of amides is 2. The lowest BCUT2D eigenvalue weighted by molar-refractivity contribution is -0.145. The second-order valence-corrected chi connectivity index (χ2v) is 21.5. The van der Waals surface area contributed by atoms with Gasteiger partial charge in [-0.1, -0.05) is 28.4 Å². The van der Waals surface area contributed by atoms with Gasteiger partial charge in [0, 0.05) is 114 Å². The third-order valence-electron chi connectivity index (χ3n) is 13.8. The number of halogens is 5. The summed E-state index contributed by atoms with van der Waals surface area (Å²) in [6, 6.07) is 0.771. The van der Waals surface area contributed by atoms with Gasteiger partial charge in [0.25, 0.3) is 0 Å². The van der Waals surface area contributed by atoms with E-state index in [0.29, 0.717) is 85.1 Å². The van der Waals surface area contributed by atoms with E-state index in [9.17, 15) is 71.5 Å². The molecule has 87 heavy (non-hydrogen) atoms. The molecule has 30 heteroatoms. The minimum Gasteiger partial charge on any atom is -0.480 e. The summed E-state index contributed by atoms with van der Waals surface area (Å²) in [5.41, 5.74) is 3.69. The lowest BCUT2D eigenvalue weighted by Gasteiger charge is -2.35. The smallest absolute Gasteiger partial charge is 0.320 e. The molecule has 1 heterocycles. The molecular formula is C57H87BrF4N8O17. The maximum atomic E-state index is 13.9. The topological polar surface area (TPSA) is 317 Å². The summed E-state index contributed by atoms with van der Waals surface area (Å²) >= 11 is 3.59. The molecule has 3 rings (SSSR count). The molecule has 8 N–H and O–H groups in total. The van der Waals surface area contributed by atoms with E-state index in [-0.39, 0.29) is 148 Å². The fourth-order valence-electron chi connectivity index (χ4n) is 9.22. The van der Waals surface area contributed by atoms with Crippen molar-refractivity contribution >= 4 is 63.3 Å². The van der Waals surface area contributed by atoms with Gasteiger partial charge in [-0.05, 0) is 69.7 Å². The number of carboxylic acids is 4. The molecule has 0 aliphatic carbocycles. The second kappa shape index (κ2) is 43.2. The van der Waals surface area contributed by atoms with Crippen molar-refractivity contribution in [3.8, 4) is 5.75 Å². The van der Waals surface area contributed by atoms with Gasteiger partial charge in [-0.2, -0.15) is 8.78 Å². The number of nitrogens with zero attached hydrogens (tertiary/aromatic N) is 4. The van der Waals surface area contributed by atoms with E-state index in [2.05, 4.69) is 41.9 Å². The molecule has 0 saturated carbocycles. The molecule has 25 nitrogen and oxygen atoms in total. The Morgan fingerprint density at radius 2 is 1.03 bits per heavy atom. The highest BCUT2D eigenvalue weighted by molar-refractivity contribution is 9.10. The van der Waals surface area contributed by atoms with Crippen LogP contribution in [0, 0.1) is 44.0 Å². The van der Waals surface area contributed by atoms with Crippen LogP contribution in [-0.4, -0.2) is 258 Å². The predicted octanol–water partition coefficient (Wildman–Crippen LogP) is 3.27. The number of carboxylic acid groups (broad SMARTS) is 4. The molecule has 2 aromatic rings. The van der Waals surface area contributed by atoms with E-state index in [4.69, 9.17) is 23.7 Å². The third kappa shape index (κ3) is 32.0. The summed E-state index contributed by atoms with van der Waals surface area (Å²) in [5.74, 6) is -14.4. The fourth-order valence-corrected chi connectivity index (χ4v) is 9.53. The molecule has 1 saturated heterocycles. The first kappa shape index (κ1) is 75.7. The fraction of sp³-hybridized carbons (Fsp3) is 0.667. The Morgan fingerprint density at radius 3 is 1.53 bits per heavy atom. The Hall–Kier alpha value is -5.51. The average Bonchev–Trinajstić information content (AvgIpc) is 2.55. The molecule has 492 valence electrons. The van der Waals surface area contributed by atoms with Crippen molar-refractivity contribution in [2.75, 3.05) is 170 Å². The number of nitrogens with one attached hydrogen (secondary N) is 4. The number of esters is 1. The number of aliphatic carboxylic acids is 4. The molecule has 2 atom stereocenters. The lowest BCUT2D eigenvalue weighted by atomic mass is 10.0. The highest BCUT2D eigenvalue weighted by Crippen LogP contribution is 2.31. The molecule has 1 aliphatic rings. The number of rotatable bonds is 43. The number of carbonyl (C=O) groups excluding carboxylic acids is 3. The molecule has 1 unspecified atom stereocenters. The van der Waals surface area contributed by atoms with Gasteiger partial charge in [0.1, 0.15) is 6.04 Å². The van der Waals surface area contributed by atoms with Crippen LogP contribution in [0.5, 0.6) is 5.75 Å². The maximum absolute atomic E-state index is 13.9. The summed E-state index contributed by atoms with van der Waals surface area (Å²) in [5, 5.41) is 51.1. The Labute approximate surface area is 513 Å². The quantitative estimate of drug-likeness (QED) is 0.0155. The molecule has 0 radical (unpaired) electrons. The molecule has 2 amide bonds. The van der Waals surface area contributed by atoms with Gasteiger partial charge in [0.05, 0.1) is 85.7 Å². The first-order chi connectivity index (χ1) is 41.6. The van der Waals surface area contributed by atoms with Crippen LogP contribution in [-0.2, 0) is 57.2 Å². The first-order valence-electron chi connectivity index (χ1n) is 29.0. The van der Waals surface area contributed by atoms with E-state index in [1.807, 2.05) is 26.8 Å². The minimum absolute atomic E-state index is 0.0288. The zero-order valence-corrected chi connectivity index (χ0v) is 51.5. The Bertz CT molecular complexity index is 2420. The van der Waals surface area contributed by atoms with Crippen LogP contribution in [0.25, 0.3) is 0 Å². The number of hydrogen-bond acceptors (Lipinski definition) is 19. The molecule has 0 aromatic heterocycles. The van der Waals surface area contributed by atoms with Gasteiger partial charge >= 0.3 is 29.8 Å². The second-order valence-electron chi connectivity index (χ2n) is 20.7. The Balaban J connectivity index is 1.25. The van der Waals surface area contributed by atoms with Crippen LogP contribution in [0.15, 0.2) is 16.6 Å². The van der Waals surface area contributed by atoms with Crippen molar-refractivity contribution in [1.29, 1.82) is 0 Å². The Morgan fingerprint density at radius 1 is 0.563 bits per heavy atom. The standard InChI is InChI=1S/C57H87BrF4N8O17/c1-39-33-40(2)55(41(3)52(39)58)66-47(72)10-8-42(64-12-6-4-5-7-51(79)87-56-53(61)43(59)34-44(60)54(56)62)35-63-13-23-82-25-27-84-29-31-86-32-30-85-28-26-83-24-14-65-46(71)11-9-45(57(80)81)70-21-19-68(37-49(75)76)17-15-67(36-48(73)74)16-18-69(20-22-70)38-50(77)78/h33-34,42,45,63-64H,4-32,35-38H2,1-3H3,(H,65,71)(H,66,72)(H,73,74)(H,75,76)(H,77,78)(H,80,81)/t42-,45?/m0/s1. The summed E-state index contributed by atoms with van der Waals surface area (Å²) < 4.78 is 88.3. The van der Waals surface area contributed by atoms with Crippen LogP contribution in [0.1, 0.15) is 68.1 Å². The van der Waals surface area contributed by atoms with Crippen molar-refractivity contribution in [3.63, 3.8) is 0 Å². The molecule has 2 aromatic carbocycles. The van der Waals surface area contributed by atoms with Gasteiger partial charge in [-0.25, -0.2) is 8.78 Å². The highest BCUT2D eigenvalue weighted by atomic mass is 79.9. The maximum Gasteiger partial charge on any atom is 0.320 e. The first-order valence-corrected chi connectivity index (χ1v) is 29.8. The van der Waals surface area contributed by atoms with Gasteiger partial charge in [-0.3, -0.25) is 53.2 Å². The SMILES string of the molecule is Cc1cc(C)c(NC(=O)CC[C@@H](CNCCOCCOCCOCCOCCOCCNC(=O)CCC(C(=O)O)N2CCN(CC(=O)O)CCN(CC(=O)O)CCN(CC(=O)O)CC2)NCCCCCC(=O)Oc2c(F)c(F)cc(F)c2F)c(C)c1Br. The Kier molecular flexibility index (Phi) is 37.6. The molecule has 1 fully saturated rings. The zero-order chi connectivity index (χ0) is 64.1.